The van der Waals surface area contributed by atoms with Crippen LogP contribution >= 0.6 is 0 Å². The van der Waals surface area contributed by atoms with Crippen molar-refractivity contribution >= 4 is 28.1 Å². The number of rotatable bonds is 3. The first-order valence-electron chi connectivity index (χ1n) is 9.09. The molecule has 1 saturated heterocycles. The Labute approximate surface area is 153 Å². The molecular formula is C22H22N2O2. The fourth-order valence-corrected chi connectivity index (χ4v) is 3.54. The van der Waals surface area contributed by atoms with Gasteiger partial charge in [0, 0.05) is 29.9 Å². The molecule has 0 spiro atoms. The first kappa shape index (κ1) is 16.5. The number of phenols is 1. The van der Waals surface area contributed by atoms with Gasteiger partial charge in [-0.3, -0.25) is 4.79 Å². The van der Waals surface area contributed by atoms with E-state index in [2.05, 4.69) is 10.2 Å². The lowest BCUT2D eigenvalue weighted by atomic mass is 10.0. The predicted octanol–water partition coefficient (Wildman–Crippen LogP) is 4.79. The van der Waals surface area contributed by atoms with Gasteiger partial charge in [0.25, 0.3) is 5.91 Å². The molecule has 1 heterocycles. The van der Waals surface area contributed by atoms with Gasteiger partial charge in [-0.1, -0.05) is 30.3 Å². The molecule has 1 aliphatic rings. The molecule has 0 unspecified atom stereocenters. The molecule has 1 aliphatic heterocycles. The average Bonchev–Trinajstić information content (AvgIpc) is 2.69. The molecule has 1 fully saturated rings. The number of fused-ring (bicyclic) bond motifs is 1. The Morgan fingerprint density at radius 1 is 0.885 bits per heavy atom. The summed E-state index contributed by atoms with van der Waals surface area (Å²) in [7, 11) is 0. The first-order chi connectivity index (χ1) is 12.7. The fraction of sp³-hybridized carbons (Fsp3) is 0.227. The number of amides is 1. The summed E-state index contributed by atoms with van der Waals surface area (Å²) >= 11 is 0. The van der Waals surface area contributed by atoms with Crippen molar-refractivity contribution in [3.05, 3.63) is 66.2 Å². The molecule has 3 aromatic rings. The number of anilines is 2. The van der Waals surface area contributed by atoms with Crippen LogP contribution < -0.4 is 10.2 Å². The van der Waals surface area contributed by atoms with E-state index in [1.165, 1.54) is 24.9 Å². The summed E-state index contributed by atoms with van der Waals surface area (Å²) in [5.41, 5.74) is 2.20. The second kappa shape index (κ2) is 7.08. The van der Waals surface area contributed by atoms with Crippen molar-refractivity contribution in [1.29, 1.82) is 0 Å². The molecule has 0 radical (unpaired) electrons. The molecule has 4 heteroatoms. The van der Waals surface area contributed by atoms with Crippen LogP contribution in [0, 0.1) is 0 Å². The van der Waals surface area contributed by atoms with Gasteiger partial charge in [-0.25, -0.2) is 0 Å². The van der Waals surface area contributed by atoms with E-state index in [4.69, 9.17) is 0 Å². The number of benzene rings is 3. The number of nitrogens with one attached hydrogen (secondary N) is 1. The summed E-state index contributed by atoms with van der Waals surface area (Å²) in [5, 5.41) is 14.9. The third-order valence-electron chi connectivity index (χ3n) is 4.99. The lowest BCUT2D eigenvalue weighted by Crippen LogP contribution is -2.29. The molecule has 0 aromatic heterocycles. The molecule has 2 N–H and O–H groups in total. The predicted molar refractivity (Wildman–Crippen MR) is 106 cm³/mol. The van der Waals surface area contributed by atoms with Crippen LogP contribution in [0.3, 0.4) is 0 Å². The molecule has 4 nitrogen and oxygen atoms in total. The standard InChI is InChI=1S/C22H22N2O2/c25-21-19-7-3-2-6-16(19)8-13-20(21)22(26)23-17-9-11-18(12-10-17)24-14-4-1-5-15-24/h2-3,6-13,25H,1,4-5,14-15H2,(H,23,26). The maximum absolute atomic E-state index is 12.6. The smallest absolute Gasteiger partial charge is 0.259 e. The van der Waals surface area contributed by atoms with Crippen LogP contribution in [-0.2, 0) is 0 Å². The number of piperidine rings is 1. The van der Waals surface area contributed by atoms with Gasteiger partial charge in [-0.2, -0.15) is 0 Å². The molecular weight excluding hydrogens is 324 g/mol. The molecule has 1 amide bonds. The van der Waals surface area contributed by atoms with E-state index in [0.29, 0.717) is 5.39 Å². The van der Waals surface area contributed by atoms with Gasteiger partial charge in [0.15, 0.2) is 0 Å². The SMILES string of the molecule is O=C(Nc1ccc(N2CCCCC2)cc1)c1ccc2ccccc2c1O. The summed E-state index contributed by atoms with van der Waals surface area (Å²) < 4.78 is 0. The zero-order valence-electron chi connectivity index (χ0n) is 14.6. The van der Waals surface area contributed by atoms with Crippen molar-refractivity contribution in [2.24, 2.45) is 0 Å². The van der Waals surface area contributed by atoms with E-state index >= 15 is 0 Å². The molecule has 0 atom stereocenters. The Kier molecular flexibility index (Phi) is 4.48. The van der Waals surface area contributed by atoms with Crippen LogP contribution in [0.25, 0.3) is 10.8 Å². The van der Waals surface area contributed by atoms with Gasteiger partial charge in [-0.05, 0) is 55.0 Å². The van der Waals surface area contributed by atoms with Crippen molar-refractivity contribution in [1.82, 2.24) is 0 Å². The van der Waals surface area contributed by atoms with Crippen molar-refractivity contribution < 1.29 is 9.90 Å². The van der Waals surface area contributed by atoms with Crippen LogP contribution in [0.1, 0.15) is 29.6 Å². The molecule has 132 valence electrons. The summed E-state index contributed by atoms with van der Waals surface area (Å²) in [4.78, 5) is 15.0. The summed E-state index contributed by atoms with van der Waals surface area (Å²) in [5.74, 6) is -0.287. The van der Waals surface area contributed by atoms with Crippen molar-refractivity contribution in [2.45, 2.75) is 19.3 Å². The molecule has 4 rings (SSSR count). The quantitative estimate of drug-likeness (QED) is 0.717. The highest BCUT2D eigenvalue weighted by molar-refractivity contribution is 6.09. The summed E-state index contributed by atoms with van der Waals surface area (Å²) in [6, 6.07) is 18.9. The molecule has 3 aromatic carbocycles. The highest BCUT2D eigenvalue weighted by Crippen LogP contribution is 2.29. The number of nitrogens with zero attached hydrogens (tertiary/aromatic N) is 1. The number of phenolic OH excluding ortho intramolecular Hbond substituents is 1. The van der Waals surface area contributed by atoms with Crippen LogP contribution in [0.2, 0.25) is 0 Å². The maximum atomic E-state index is 12.6. The monoisotopic (exact) mass is 346 g/mol. The van der Waals surface area contributed by atoms with E-state index < -0.39 is 0 Å². The Morgan fingerprint density at radius 3 is 2.38 bits per heavy atom. The number of aromatic hydroxyl groups is 1. The van der Waals surface area contributed by atoms with E-state index in [0.717, 1.165) is 24.2 Å². The topological polar surface area (TPSA) is 52.6 Å². The van der Waals surface area contributed by atoms with E-state index in [1.807, 2.05) is 54.6 Å². The molecule has 0 bridgehead atoms. The number of carbonyl (C=O) groups excluding carboxylic acids is 1. The second-order valence-corrected chi connectivity index (χ2v) is 6.73. The third-order valence-corrected chi connectivity index (χ3v) is 4.99. The van der Waals surface area contributed by atoms with E-state index in [-0.39, 0.29) is 17.2 Å². The minimum atomic E-state index is -0.307. The van der Waals surface area contributed by atoms with Gasteiger partial charge in [0.2, 0.25) is 0 Å². The molecule has 0 saturated carbocycles. The highest BCUT2D eigenvalue weighted by atomic mass is 16.3. The average molecular weight is 346 g/mol. The highest BCUT2D eigenvalue weighted by Gasteiger charge is 2.15. The largest absolute Gasteiger partial charge is 0.506 e. The lowest BCUT2D eigenvalue weighted by Gasteiger charge is -2.28. The third kappa shape index (κ3) is 3.23. The van der Waals surface area contributed by atoms with Crippen LogP contribution in [0.4, 0.5) is 11.4 Å². The number of carbonyl (C=O) groups is 1. The van der Waals surface area contributed by atoms with Gasteiger partial charge in [0.05, 0.1) is 5.56 Å². The molecule has 0 aliphatic carbocycles. The van der Waals surface area contributed by atoms with Crippen LogP contribution in [0.15, 0.2) is 60.7 Å². The summed E-state index contributed by atoms with van der Waals surface area (Å²) in [6.07, 6.45) is 3.78. The van der Waals surface area contributed by atoms with Crippen molar-refractivity contribution in [2.75, 3.05) is 23.3 Å². The first-order valence-corrected chi connectivity index (χ1v) is 9.09. The van der Waals surface area contributed by atoms with Crippen molar-refractivity contribution in [3.63, 3.8) is 0 Å². The Balaban J connectivity index is 1.52. The van der Waals surface area contributed by atoms with Crippen LogP contribution in [0.5, 0.6) is 5.75 Å². The Hall–Kier alpha value is -3.01. The lowest BCUT2D eigenvalue weighted by molar-refractivity contribution is 0.102. The molecule has 26 heavy (non-hydrogen) atoms. The minimum Gasteiger partial charge on any atom is -0.506 e. The van der Waals surface area contributed by atoms with E-state index in [1.54, 1.807) is 6.07 Å². The maximum Gasteiger partial charge on any atom is 0.259 e. The number of hydrogen-bond acceptors (Lipinski definition) is 3. The summed E-state index contributed by atoms with van der Waals surface area (Å²) in [6.45, 7) is 2.19. The van der Waals surface area contributed by atoms with Crippen molar-refractivity contribution in [3.8, 4) is 5.75 Å². The minimum absolute atomic E-state index is 0.0190. The van der Waals surface area contributed by atoms with Crippen LogP contribution in [-0.4, -0.2) is 24.1 Å². The van der Waals surface area contributed by atoms with Gasteiger partial charge < -0.3 is 15.3 Å². The Bertz CT molecular complexity index is 929. The van der Waals surface area contributed by atoms with Gasteiger partial charge in [0.1, 0.15) is 5.75 Å². The van der Waals surface area contributed by atoms with Gasteiger partial charge >= 0.3 is 0 Å². The zero-order chi connectivity index (χ0) is 17.9. The fourth-order valence-electron chi connectivity index (χ4n) is 3.54. The zero-order valence-corrected chi connectivity index (χ0v) is 14.6. The normalized spacial score (nSPS) is 14.4. The number of hydrogen-bond donors (Lipinski definition) is 2. The Morgan fingerprint density at radius 2 is 1.62 bits per heavy atom. The van der Waals surface area contributed by atoms with Gasteiger partial charge in [-0.15, -0.1) is 0 Å². The van der Waals surface area contributed by atoms with E-state index in [9.17, 15) is 9.90 Å². The second-order valence-electron chi connectivity index (χ2n) is 6.73.